The monoisotopic (exact) mass is 583 g/mol. The summed E-state index contributed by atoms with van der Waals surface area (Å²) in [4.78, 5) is 51.3. The molecule has 0 fully saturated rings. The van der Waals surface area contributed by atoms with Crippen LogP contribution in [0.5, 0.6) is 0 Å². The molecule has 0 radical (unpaired) electrons. The van der Waals surface area contributed by atoms with E-state index in [0.717, 1.165) is 17.8 Å². The Morgan fingerprint density at radius 2 is 1.56 bits per heavy atom. The van der Waals surface area contributed by atoms with E-state index in [1.54, 1.807) is 43.3 Å². The number of nitro benzene ring substituents is 2. The number of rotatable bonds is 15. The van der Waals surface area contributed by atoms with Gasteiger partial charge in [0.25, 0.3) is 11.6 Å². The third kappa shape index (κ3) is 8.94. The van der Waals surface area contributed by atoms with Crippen LogP contribution in [0.2, 0.25) is 0 Å². The molecule has 0 aliphatic heterocycles. The molecule has 0 spiro atoms. The fourth-order valence-electron chi connectivity index (χ4n) is 3.60. The van der Waals surface area contributed by atoms with Gasteiger partial charge >= 0.3 is 5.69 Å². The van der Waals surface area contributed by atoms with Crippen molar-refractivity contribution < 1.29 is 19.4 Å². The molecule has 2 rings (SSSR count). The number of hydrogen-bond donors (Lipinski definition) is 3. The number of anilines is 3. The molecule has 0 aromatic heterocycles. The third-order valence-electron chi connectivity index (χ3n) is 5.59. The second kappa shape index (κ2) is 15.0. The van der Waals surface area contributed by atoms with Crippen LogP contribution in [-0.4, -0.2) is 84.6 Å². The van der Waals surface area contributed by atoms with E-state index in [-0.39, 0.29) is 12.1 Å². The average Bonchev–Trinajstić information content (AvgIpc) is 2.88. The van der Waals surface area contributed by atoms with Crippen LogP contribution in [0.3, 0.4) is 0 Å². The van der Waals surface area contributed by atoms with Gasteiger partial charge in [-0.1, -0.05) is 0 Å². The summed E-state index contributed by atoms with van der Waals surface area (Å²) in [6.45, 7) is 3.25. The molecule has 1 atom stereocenters. The molecule has 0 saturated carbocycles. The standard InChI is InChI=1S/C24H31Cl2N7O6/c1-16(23(34)29-17-4-6-18(7-5-17)31(13-10-25)14-11-26)28-21-20(32(36)37)9-8-19(22(21)33(38)39)24(35)27-12-15-30(2)3/h4-9,16,28H,10-15H2,1-3H3,(H,27,35)(H,29,34). The van der Waals surface area contributed by atoms with Crippen LogP contribution in [0.4, 0.5) is 28.4 Å². The quantitative estimate of drug-likeness (QED) is 0.162. The molecule has 39 heavy (non-hydrogen) atoms. The van der Waals surface area contributed by atoms with E-state index >= 15 is 0 Å². The molecular weight excluding hydrogens is 553 g/mol. The summed E-state index contributed by atoms with van der Waals surface area (Å²) in [5.41, 5.74) is -1.06. The molecule has 13 nitrogen and oxygen atoms in total. The van der Waals surface area contributed by atoms with E-state index in [2.05, 4.69) is 16.0 Å². The van der Waals surface area contributed by atoms with Gasteiger partial charge in [-0.2, -0.15) is 0 Å². The predicted octanol–water partition coefficient (Wildman–Crippen LogP) is 3.52. The Morgan fingerprint density at radius 1 is 0.949 bits per heavy atom. The van der Waals surface area contributed by atoms with Gasteiger partial charge in [-0.3, -0.25) is 29.8 Å². The average molecular weight is 584 g/mol. The lowest BCUT2D eigenvalue weighted by atomic mass is 10.1. The van der Waals surface area contributed by atoms with Gasteiger partial charge < -0.3 is 25.8 Å². The van der Waals surface area contributed by atoms with Crippen molar-refractivity contribution in [1.29, 1.82) is 0 Å². The normalized spacial score (nSPS) is 11.5. The van der Waals surface area contributed by atoms with Crippen LogP contribution >= 0.6 is 23.2 Å². The van der Waals surface area contributed by atoms with E-state index in [1.165, 1.54) is 6.92 Å². The van der Waals surface area contributed by atoms with Crippen LogP contribution in [0.15, 0.2) is 36.4 Å². The third-order valence-corrected chi connectivity index (χ3v) is 5.93. The summed E-state index contributed by atoms with van der Waals surface area (Å²) < 4.78 is 0. The number of nitrogens with one attached hydrogen (secondary N) is 3. The highest BCUT2D eigenvalue weighted by Gasteiger charge is 2.33. The Labute approximate surface area is 235 Å². The second-order valence-corrected chi connectivity index (χ2v) is 9.45. The first kappa shape index (κ1) is 31.5. The minimum Gasteiger partial charge on any atom is -0.369 e. The van der Waals surface area contributed by atoms with Gasteiger partial charge in [0.15, 0.2) is 5.69 Å². The fraction of sp³-hybridized carbons (Fsp3) is 0.417. The van der Waals surface area contributed by atoms with E-state index in [1.807, 2.05) is 4.90 Å². The largest absolute Gasteiger partial charge is 0.369 e. The molecular formula is C24H31Cl2N7O6. The topological polar surface area (TPSA) is 163 Å². The summed E-state index contributed by atoms with van der Waals surface area (Å²) in [6.07, 6.45) is 0. The van der Waals surface area contributed by atoms with Gasteiger partial charge in [0.1, 0.15) is 11.6 Å². The number of carbonyl (C=O) groups excluding carboxylic acids is 2. The summed E-state index contributed by atoms with van der Waals surface area (Å²) in [6, 6.07) is 7.77. The minimum atomic E-state index is -1.14. The van der Waals surface area contributed by atoms with Crippen molar-refractivity contribution in [2.24, 2.45) is 0 Å². The lowest BCUT2D eigenvalue weighted by Gasteiger charge is -2.23. The van der Waals surface area contributed by atoms with Crippen LogP contribution in [0.25, 0.3) is 0 Å². The van der Waals surface area contributed by atoms with Gasteiger partial charge in [0, 0.05) is 55.4 Å². The van der Waals surface area contributed by atoms with E-state index in [4.69, 9.17) is 23.2 Å². The number of amides is 2. The SMILES string of the molecule is CC(Nc1c([N+](=O)[O-])ccc(C(=O)NCCN(C)C)c1[N+](=O)[O-])C(=O)Nc1ccc(N(CCCl)CCCl)cc1. The zero-order valence-electron chi connectivity index (χ0n) is 21.8. The molecule has 0 heterocycles. The first-order valence-electron chi connectivity index (χ1n) is 11.9. The molecule has 2 aromatic carbocycles. The van der Waals surface area contributed by atoms with Gasteiger partial charge in [-0.05, 0) is 51.4 Å². The number of likely N-dealkylation sites (N-methyl/N-ethyl adjacent to an activating group) is 1. The number of hydrogen-bond acceptors (Lipinski definition) is 9. The maximum Gasteiger partial charge on any atom is 0.312 e. The fourth-order valence-corrected chi connectivity index (χ4v) is 4.01. The lowest BCUT2D eigenvalue weighted by molar-refractivity contribution is -0.392. The maximum atomic E-state index is 12.9. The molecule has 15 heteroatoms. The highest BCUT2D eigenvalue weighted by molar-refractivity contribution is 6.18. The number of alkyl halides is 2. The van der Waals surface area contributed by atoms with Gasteiger partial charge in [0.05, 0.1) is 9.85 Å². The molecule has 0 bridgehead atoms. The van der Waals surface area contributed by atoms with Crippen molar-refractivity contribution >= 4 is 63.5 Å². The Bertz CT molecular complexity index is 1170. The Morgan fingerprint density at radius 3 is 2.08 bits per heavy atom. The van der Waals surface area contributed by atoms with Crippen molar-refractivity contribution in [3.8, 4) is 0 Å². The second-order valence-electron chi connectivity index (χ2n) is 8.70. The van der Waals surface area contributed by atoms with Crippen LogP contribution in [0, 0.1) is 20.2 Å². The van der Waals surface area contributed by atoms with E-state index < -0.39 is 44.8 Å². The highest BCUT2D eigenvalue weighted by atomic mass is 35.5. The number of benzene rings is 2. The van der Waals surface area contributed by atoms with Crippen molar-refractivity contribution in [3.63, 3.8) is 0 Å². The molecule has 0 aliphatic carbocycles. The lowest BCUT2D eigenvalue weighted by Crippen LogP contribution is -2.33. The van der Waals surface area contributed by atoms with Gasteiger partial charge in [-0.15, -0.1) is 23.2 Å². The predicted molar refractivity (Wildman–Crippen MR) is 152 cm³/mol. The number of nitro groups is 2. The first-order valence-corrected chi connectivity index (χ1v) is 13.0. The smallest absolute Gasteiger partial charge is 0.312 e. The molecule has 0 aliphatic rings. The van der Waals surface area contributed by atoms with Gasteiger partial charge in [0.2, 0.25) is 5.91 Å². The van der Waals surface area contributed by atoms with Crippen LogP contribution in [-0.2, 0) is 4.79 Å². The summed E-state index contributed by atoms with van der Waals surface area (Å²) in [5, 5.41) is 31.4. The van der Waals surface area contributed by atoms with E-state index in [0.29, 0.717) is 37.1 Å². The number of carbonyl (C=O) groups is 2. The highest BCUT2D eigenvalue weighted by Crippen LogP contribution is 2.37. The molecule has 212 valence electrons. The maximum absolute atomic E-state index is 12.9. The van der Waals surface area contributed by atoms with Crippen molar-refractivity contribution in [3.05, 3.63) is 62.2 Å². The van der Waals surface area contributed by atoms with Crippen LogP contribution in [0.1, 0.15) is 17.3 Å². The Balaban J connectivity index is 2.28. The molecule has 1 unspecified atom stereocenters. The Kier molecular flexibility index (Phi) is 12.2. The van der Waals surface area contributed by atoms with Crippen molar-refractivity contribution in [2.75, 3.05) is 67.6 Å². The Hall–Kier alpha value is -3.68. The molecule has 3 N–H and O–H groups in total. The summed E-state index contributed by atoms with van der Waals surface area (Å²) in [5.74, 6) is -0.549. The zero-order valence-corrected chi connectivity index (χ0v) is 23.3. The van der Waals surface area contributed by atoms with Crippen molar-refractivity contribution in [1.82, 2.24) is 10.2 Å². The number of nitrogens with zero attached hydrogens (tertiary/aromatic N) is 4. The van der Waals surface area contributed by atoms with E-state index in [9.17, 15) is 29.8 Å². The van der Waals surface area contributed by atoms with Gasteiger partial charge in [-0.25, -0.2) is 0 Å². The number of halogens is 2. The van der Waals surface area contributed by atoms with Crippen molar-refractivity contribution in [2.45, 2.75) is 13.0 Å². The zero-order chi connectivity index (χ0) is 29.1. The first-order chi connectivity index (χ1) is 18.5. The minimum absolute atomic E-state index is 0.204. The molecule has 2 amide bonds. The van der Waals surface area contributed by atoms with Crippen LogP contribution < -0.4 is 20.9 Å². The summed E-state index contributed by atoms with van der Waals surface area (Å²) in [7, 11) is 3.59. The molecule has 2 aromatic rings. The summed E-state index contributed by atoms with van der Waals surface area (Å²) >= 11 is 11.7. The molecule has 0 saturated heterocycles.